The number of nitrogens with zero attached hydrogens (tertiary/aromatic N) is 2. The average Bonchev–Trinajstić information content (AvgIpc) is 3.19. The van der Waals surface area contributed by atoms with Crippen molar-refractivity contribution in [1.82, 2.24) is 10.2 Å². The highest BCUT2D eigenvalue weighted by Crippen LogP contribution is 2.32. The molecule has 2 fully saturated rings. The molecule has 0 saturated carbocycles. The van der Waals surface area contributed by atoms with Crippen molar-refractivity contribution in [2.24, 2.45) is 5.92 Å². The Bertz CT molecular complexity index is 1300. The van der Waals surface area contributed by atoms with Gasteiger partial charge in [-0.05, 0) is 61.9 Å². The molecule has 36 heavy (non-hydrogen) atoms. The van der Waals surface area contributed by atoms with Crippen molar-refractivity contribution in [1.29, 1.82) is 0 Å². The molecule has 3 aliphatic heterocycles. The van der Waals surface area contributed by atoms with Crippen molar-refractivity contribution in [3.05, 3.63) is 59.2 Å². The maximum atomic E-state index is 13.1. The van der Waals surface area contributed by atoms with Crippen LogP contribution < -0.4 is 10.2 Å². The summed E-state index contributed by atoms with van der Waals surface area (Å²) in [5, 5.41) is 2.32. The largest absolute Gasteiger partial charge is 0.371 e. The molecule has 3 amide bonds. The van der Waals surface area contributed by atoms with Crippen LogP contribution in [-0.2, 0) is 30.4 Å². The van der Waals surface area contributed by atoms with Gasteiger partial charge in [-0.15, -0.1) is 0 Å². The maximum Gasteiger partial charge on any atom is 0.296 e. The Morgan fingerprint density at radius 1 is 1.00 bits per heavy atom. The van der Waals surface area contributed by atoms with Crippen LogP contribution in [0.2, 0.25) is 0 Å². The number of carbonyl (C=O) groups excluding carboxylic acids is 3. The lowest BCUT2D eigenvalue weighted by Gasteiger charge is -2.33. The zero-order chi connectivity index (χ0) is 25.4. The van der Waals surface area contributed by atoms with E-state index in [9.17, 15) is 22.8 Å². The molecule has 0 spiro atoms. The second kappa shape index (κ2) is 9.67. The van der Waals surface area contributed by atoms with E-state index in [1.54, 1.807) is 29.2 Å². The second-order valence-electron chi connectivity index (χ2n) is 9.72. The molecule has 2 aromatic carbocycles. The highest BCUT2D eigenvalue weighted by Gasteiger charge is 2.39. The summed E-state index contributed by atoms with van der Waals surface area (Å²) in [4.78, 5) is 40.7. The number of rotatable bonds is 6. The predicted octanol–water partition coefficient (Wildman–Crippen LogP) is 2.38. The summed E-state index contributed by atoms with van der Waals surface area (Å²) in [6.45, 7) is 3.85. The fraction of sp³-hybridized carbons (Fsp3) is 0.423. The topological polar surface area (TPSA) is 113 Å². The summed E-state index contributed by atoms with van der Waals surface area (Å²) in [6, 6.07) is 11.8. The first-order valence-electron chi connectivity index (χ1n) is 12.2. The third-order valence-electron chi connectivity index (χ3n) is 7.26. The van der Waals surface area contributed by atoms with Crippen LogP contribution in [0.25, 0.3) is 0 Å². The number of fused-ring (bicyclic) bond motifs is 1. The number of imide groups is 1. The summed E-state index contributed by atoms with van der Waals surface area (Å²) in [5.74, 6) is -0.781. The fourth-order valence-electron chi connectivity index (χ4n) is 5.06. The number of anilines is 1. The van der Waals surface area contributed by atoms with E-state index in [1.165, 1.54) is 0 Å². The third kappa shape index (κ3) is 4.87. The summed E-state index contributed by atoms with van der Waals surface area (Å²) < 4.78 is 30.3. The summed E-state index contributed by atoms with van der Waals surface area (Å²) in [5.41, 5.74) is 3.38. The Hall–Kier alpha value is -3.24. The third-order valence-corrected chi connectivity index (χ3v) is 8.56. The lowest BCUT2D eigenvalue weighted by atomic mass is 9.97. The van der Waals surface area contributed by atoms with Gasteiger partial charge in [-0.2, -0.15) is 8.42 Å². The van der Waals surface area contributed by atoms with E-state index >= 15 is 0 Å². The van der Waals surface area contributed by atoms with Crippen LogP contribution in [0.1, 0.15) is 47.2 Å². The van der Waals surface area contributed by atoms with Crippen LogP contribution in [0.3, 0.4) is 0 Å². The van der Waals surface area contributed by atoms with E-state index < -0.39 is 22.1 Å². The zero-order valence-electron chi connectivity index (χ0n) is 20.1. The summed E-state index contributed by atoms with van der Waals surface area (Å²) >= 11 is 0. The molecule has 5 rings (SSSR count). The zero-order valence-corrected chi connectivity index (χ0v) is 20.9. The molecule has 1 unspecified atom stereocenters. The number of piperidine rings is 2. The molecule has 9 nitrogen and oxygen atoms in total. The molecule has 2 aromatic rings. The van der Waals surface area contributed by atoms with Gasteiger partial charge in [0.1, 0.15) is 6.04 Å². The molecule has 190 valence electrons. The fourth-order valence-corrected chi connectivity index (χ4v) is 6.03. The minimum atomic E-state index is -3.78. The number of carbonyl (C=O) groups is 3. The molecule has 0 aliphatic carbocycles. The Labute approximate surface area is 210 Å². The van der Waals surface area contributed by atoms with Crippen molar-refractivity contribution in [2.45, 2.75) is 50.1 Å². The number of aryl methyl sites for hydroxylation is 1. The maximum absolute atomic E-state index is 13.1. The van der Waals surface area contributed by atoms with Gasteiger partial charge in [-0.1, -0.05) is 23.8 Å². The first kappa shape index (κ1) is 24.5. The summed E-state index contributed by atoms with van der Waals surface area (Å²) in [7, 11) is -3.78. The predicted molar refractivity (Wildman–Crippen MR) is 132 cm³/mol. The van der Waals surface area contributed by atoms with E-state index in [4.69, 9.17) is 4.18 Å². The molecule has 3 heterocycles. The van der Waals surface area contributed by atoms with Gasteiger partial charge in [0.05, 0.1) is 11.5 Å². The standard InChI is InChI=1S/C26H29N3O6S/c1-17-2-6-21(7-3-17)36(33,34)35-16-18-10-12-28(13-11-18)20-5-4-19-15-29(26(32)22(19)14-20)23-8-9-24(30)27-25(23)31/h2-7,14,18,23H,8-13,15-16H2,1H3,(H,27,30,31). The van der Waals surface area contributed by atoms with Crippen LogP contribution in [0.4, 0.5) is 5.69 Å². The van der Waals surface area contributed by atoms with Crippen molar-refractivity contribution in [3.63, 3.8) is 0 Å². The normalized spacial score (nSPS) is 21.0. The second-order valence-corrected chi connectivity index (χ2v) is 11.3. The number of hydrogen-bond donors (Lipinski definition) is 1. The molecule has 3 aliphatic rings. The molecule has 1 atom stereocenters. The van der Waals surface area contributed by atoms with Crippen molar-refractivity contribution in [3.8, 4) is 0 Å². The summed E-state index contributed by atoms with van der Waals surface area (Å²) in [6.07, 6.45) is 2.12. The van der Waals surface area contributed by atoms with Crippen LogP contribution >= 0.6 is 0 Å². The van der Waals surface area contributed by atoms with Crippen LogP contribution in [-0.4, -0.2) is 56.8 Å². The molecule has 10 heteroatoms. The lowest BCUT2D eigenvalue weighted by Crippen LogP contribution is -2.52. The van der Waals surface area contributed by atoms with Gasteiger partial charge < -0.3 is 9.80 Å². The SMILES string of the molecule is Cc1ccc(S(=O)(=O)OCC2CCN(c3ccc4c(c3)C(=O)N(C3CCC(=O)NC3=O)C4)CC2)cc1. The van der Waals surface area contributed by atoms with E-state index in [0.717, 1.165) is 42.7 Å². The van der Waals surface area contributed by atoms with Gasteiger partial charge in [0.15, 0.2) is 0 Å². The minimum Gasteiger partial charge on any atom is -0.371 e. The molecule has 0 aromatic heterocycles. The van der Waals surface area contributed by atoms with Gasteiger partial charge in [-0.3, -0.25) is 23.9 Å². The van der Waals surface area contributed by atoms with E-state index in [0.29, 0.717) is 18.5 Å². The average molecular weight is 512 g/mol. The quantitative estimate of drug-likeness (QED) is 0.468. The first-order chi connectivity index (χ1) is 17.2. The molecule has 0 bridgehead atoms. The molecular weight excluding hydrogens is 482 g/mol. The highest BCUT2D eigenvalue weighted by atomic mass is 32.2. The number of amides is 3. The molecular formula is C26H29N3O6S. The molecule has 0 radical (unpaired) electrons. The molecule has 1 N–H and O–H groups in total. The Balaban J connectivity index is 1.18. The number of hydrogen-bond acceptors (Lipinski definition) is 7. The Morgan fingerprint density at radius 2 is 1.72 bits per heavy atom. The van der Waals surface area contributed by atoms with E-state index in [-0.39, 0.29) is 35.7 Å². The van der Waals surface area contributed by atoms with Crippen molar-refractivity contribution >= 4 is 33.5 Å². The number of nitrogens with one attached hydrogen (secondary N) is 1. The Morgan fingerprint density at radius 3 is 2.42 bits per heavy atom. The van der Waals surface area contributed by atoms with E-state index in [2.05, 4.69) is 10.2 Å². The Kier molecular flexibility index (Phi) is 6.57. The van der Waals surface area contributed by atoms with Crippen LogP contribution in [0, 0.1) is 12.8 Å². The smallest absolute Gasteiger partial charge is 0.296 e. The highest BCUT2D eigenvalue weighted by molar-refractivity contribution is 7.86. The number of benzene rings is 2. The van der Waals surface area contributed by atoms with Crippen molar-refractivity contribution in [2.75, 3.05) is 24.6 Å². The van der Waals surface area contributed by atoms with Crippen LogP contribution in [0.5, 0.6) is 0 Å². The van der Waals surface area contributed by atoms with Gasteiger partial charge in [0.25, 0.3) is 16.0 Å². The van der Waals surface area contributed by atoms with Gasteiger partial charge in [-0.25, -0.2) is 0 Å². The first-order valence-corrected chi connectivity index (χ1v) is 13.6. The molecule has 2 saturated heterocycles. The van der Waals surface area contributed by atoms with Crippen molar-refractivity contribution < 1.29 is 27.0 Å². The van der Waals surface area contributed by atoms with E-state index in [1.807, 2.05) is 25.1 Å². The van der Waals surface area contributed by atoms with Gasteiger partial charge >= 0.3 is 0 Å². The van der Waals surface area contributed by atoms with Crippen LogP contribution in [0.15, 0.2) is 47.4 Å². The van der Waals surface area contributed by atoms with Gasteiger partial charge in [0.2, 0.25) is 11.8 Å². The lowest BCUT2D eigenvalue weighted by molar-refractivity contribution is -0.136. The minimum absolute atomic E-state index is 0.126. The monoisotopic (exact) mass is 511 g/mol. The van der Waals surface area contributed by atoms with Gasteiger partial charge in [0, 0.05) is 37.3 Å².